The first-order valence-electron chi connectivity index (χ1n) is 8.14. The van der Waals surface area contributed by atoms with Gasteiger partial charge in [-0.2, -0.15) is 0 Å². The van der Waals surface area contributed by atoms with Crippen molar-refractivity contribution in [1.82, 2.24) is 9.80 Å². The van der Waals surface area contributed by atoms with Crippen molar-refractivity contribution in [2.75, 3.05) is 52.6 Å². The van der Waals surface area contributed by atoms with Gasteiger partial charge in [-0.3, -0.25) is 9.80 Å². The number of hydrogen-bond donors (Lipinski definition) is 1. The van der Waals surface area contributed by atoms with Gasteiger partial charge in [0.1, 0.15) is 5.75 Å². The molecule has 2 heterocycles. The van der Waals surface area contributed by atoms with Crippen LogP contribution in [-0.4, -0.2) is 67.5 Å². The summed E-state index contributed by atoms with van der Waals surface area (Å²) in [5.74, 6) is 0.462. The van der Waals surface area contributed by atoms with Crippen molar-refractivity contribution < 1.29 is 14.6 Å². The van der Waals surface area contributed by atoms with Gasteiger partial charge in [0, 0.05) is 50.4 Å². The number of phenolic OH excluding ortho intramolecular Hbond substituents is 1. The molecule has 0 radical (unpaired) electrons. The maximum atomic E-state index is 10.7. The molecule has 2 aliphatic rings. The van der Waals surface area contributed by atoms with Crippen LogP contribution >= 0.6 is 0 Å². The molecule has 0 amide bonds. The molecule has 5 heteroatoms. The van der Waals surface area contributed by atoms with Gasteiger partial charge < -0.3 is 14.6 Å². The summed E-state index contributed by atoms with van der Waals surface area (Å²) in [5.41, 5.74) is 3.28. The van der Waals surface area contributed by atoms with E-state index in [4.69, 9.17) is 9.47 Å². The van der Waals surface area contributed by atoms with E-state index in [0.29, 0.717) is 5.75 Å². The lowest BCUT2D eigenvalue weighted by molar-refractivity contribution is 0.0327. The van der Waals surface area contributed by atoms with E-state index in [9.17, 15) is 5.11 Å². The Morgan fingerprint density at radius 2 is 1.27 bits per heavy atom. The Hall–Kier alpha value is -1.14. The third-order valence-electron chi connectivity index (χ3n) is 4.41. The molecule has 0 atom stereocenters. The normalized spacial score (nSPS) is 21.1. The highest BCUT2D eigenvalue weighted by Gasteiger charge is 2.17. The quantitative estimate of drug-likeness (QED) is 0.910. The lowest BCUT2D eigenvalue weighted by Gasteiger charge is -2.29. The molecule has 22 heavy (non-hydrogen) atoms. The van der Waals surface area contributed by atoms with Gasteiger partial charge in [-0.05, 0) is 6.92 Å². The Morgan fingerprint density at radius 1 is 0.864 bits per heavy atom. The zero-order chi connectivity index (χ0) is 15.4. The van der Waals surface area contributed by atoms with Crippen molar-refractivity contribution in [3.63, 3.8) is 0 Å². The smallest absolute Gasteiger partial charge is 0.124 e. The van der Waals surface area contributed by atoms with E-state index in [-0.39, 0.29) is 0 Å². The third-order valence-corrected chi connectivity index (χ3v) is 4.41. The molecular weight excluding hydrogens is 280 g/mol. The summed E-state index contributed by atoms with van der Waals surface area (Å²) >= 11 is 0. The fraction of sp³-hybridized carbons (Fsp3) is 0.647. The maximum Gasteiger partial charge on any atom is 0.124 e. The molecule has 2 aliphatic heterocycles. The molecule has 0 bridgehead atoms. The Bertz CT molecular complexity index is 454. The fourth-order valence-electron chi connectivity index (χ4n) is 3.18. The largest absolute Gasteiger partial charge is 0.507 e. The zero-order valence-electron chi connectivity index (χ0n) is 13.4. The van der Waals surface area contributed by atoms with Crippen molar-refractivity contribution in [2.24, 2.45) is 0 Å². The van der Waals surface area contributed by atoms with Crippen LogP contribution in [0.5, 0.6) is 5.75 Å². The molecule has 1 aromatic carbocycles. The Morgan fingerprint density at radius 3 is 1.68 bits per heavy atom. The van der Waals surface area contributed by atoms with Crippen LogP contribution < -0.4 is 0 Å². The average molecular weight is 306 g/mol. The molecule has 1 N–H and O–H groups in total. The second-order valence-electron chi connectivity index (χ2n) is 6.21. The van der Waals surface area contributed by atoms with Crippen LogP contribution in [0.1, 0.15) is 16.7 Å². The van der Waals surface area contributed by atoms with Gasteiger partial charge in [-0.15, -0.1) is 0 Å². The van der Waals surface area contributed by atoms with E-state index in [0.717, 1.165) is 76.8 Å². The standard InChI is InChI=1S/C17H26N2O3/c1-14-10-15(12-18-2-6-21-7-3-18)17(20)16(11-14)13-19-4-8-22-9-5-19/h10-11,20H,2-9,12-13H2,1H3. The second kappa shape index (κ2) is 7.42. The summed E-state index contributed by atoms with van der Waals surface area (Å²) in [6, 6.07) is 4.21. The van der Waals surface area contributed by atoms with Gasteiger partial charge in [-0.1, -0.05) is 17.7 Å². The van der Waals surface area contributed by atoms with Crippen LogP contribution in [0.3, 0.4) is 0 Å². The van der Waals surface area contributed by atoms with Gasteiger partial charge in [0.15, 0.2) is 0 Å². The van der Waals surface area contributed by atoms with E-state index < -0.39 is 0 Å². The van der Waals surface area contributed by atoms with E-state index in [1.54, 1.807) is 0 Å². The fourth-order valence-corrected chi connectivity index (χ4v) is 3.18. The molecule has 2 saturated heterocycles. The number of morpholine rings is 2. The average Bonchev–Trinajstić information content (AvgIpc) is 2.54. The summed E-state index contributed by atoms with van der Waals surface area (Å²) in [4.78, 5) is 4.69. The summed E-state index contributed by atoms with van der Waals surface area (Å²) in [5, 5.41) is 10.7. The minimum atomic E-state index is 0.462. The maximum absolute atomic E-state index is 10.7. The van der Waals surface area contributed by atoms with E-state index in [1.165, 1.54) is 5.56 Å². The molecule has 0 aliphatic carbocycles. The molecule has 3 rings (SSSR count). The number of rotatable bonds is 4. The molecule has 0 unspecified atom stereocenters. The number of ether oxygens (including phenoxy) is 2. The SMILES string of the molecule is Cc1cc(CN2CCOCC2)c(O)c(CN2CCOCC2)c1. The number of benzene rings is 1. The molecule has 122 valence electrons. The molecule has 0 saturated carbocycles. The van der Waals surface area contributed by atoms with Gasteiger partial charge in [0.2, 0.25) is 0 Å². The number of aryl methyl sites for hydroxylation is 1. The Kier molecular flexibility index (Phi) is 5.31. The summed E-state index contributed by atoms with van der Waals surface area (Å²) in [7, 11) is 0. The predicted octanol–water partition coefficient (Wildman–Crippen LogP) is 1.37. The summed E-state index contributed by atoms with van der Waals surface area (Å²) in [6.45, 7) is 10.6. The van der Waals surface area contributed by atoms with Crippen molar-refractivity contribution in [2.45, 2.75) is 20.0 Å². The number of nitrogens with zero attached hydrogens (tertiary/aromatic N) is 2. The molecule has 0 spiro atoms. The lowest BCUT2D eigenvalue weighted by atomic mass is 10.0. The van der Waals surface area contributed by atoms with Gasteiger partial charge >= 0.3 is 0 Å². The minimum Gasteiger partial charge on any atom is -0.507 e. The van der Waals surface area contributed by atoms with Crippen LogP contribution in [0.4, 0.5) is 0 Å². The van der Waals surface area contributed by atoms with Crippen LogP contribution in [0.2, 0.25) is 0 Å². The number of aromatic hydroxyl groups is 1. The minimum absolute atomic E-state index is 0.462. The highest BCUT2D eigenvalue weighted by molar-refractivity contribution is 5.43. The van der Waals surface area contributed by atoms with Crippen molar-refractivity contribution in [1.29, 1.82) is 0 Å². The third kappa shape index (κ3) is 3.98. The highest BCUT2D eigenvalue weighted by Crippen LogP contribution is 2.27. The van der Waals surface area contributed by atoms with Crippen LogP contribution in [0, 0.1) is 6.92 Å². The van der Waals surface area contributed by atoms with E-state index in [1.807, 2.05) is 0 Å². The summed E-state index contributed by atoms with van der Waals surface area (Å²) in [6.07, 6.45) is 0. The van der Waals surface area contributed by atoms with Gasteiger partial charge in [0.25, 0.3) is 0 Å². The monoisotopic (exact) mass is 306 g/mol. The number of phenols is 1. The van der Waals surface area contributed by atoms with E-state index >= 15 is 0 Å². The van der Waals surface area contributed by atoms with Gasteiger partial charge in [-0.25, -0.2) is 0 Å². The zero-order valence-corrected chi connectivity index (χ0v) is 13.4. The second-order valence-corrected chi connectivity index (χ2v) is 6.21. The van der Waals surface area contributed by atoms with Crippen molar-refractivity contribution in [3.05, 3.63) is 28.8 Å². The molecule has 0 aromatic heterocycles. The first-order valence-corrected chi connectivity index (χ1v) is 8.14. The van der Waals surface area contributed by atoms with Crippen LogP contribution in [0.15, 0.2) is 12.1 Å². The summed E-state index contributed by atoms with van der Waals surface area (Å²) < 4.78 is 10.8. The van der Waals surface area contributed by atoms with Crippen molar-refractivity contribution >= 4 is 0 Å². The topological polar surface area (TPSA) is 45.2 Å². The molecule has 1 aromatic rings. The molecular formula is C17H26N2O3. The van der Waals surface area contributed by atoms with Crippen LogP contribution in [-0.2, 0) is 22.6 Å². The van der Waals surface area contributed by atoms with Gasteiger partial charge in [0.05, 0.1) is 26.4 Å². The Balaban J connectivity index is 1.72. The first-order chi connectivity index (χ1) is 10.7. The molecule has 5 nitrogen and oxygen atoms in total. The predicted molar refractivity (Wildman–Crippen MR) is 85.0 cm³/mol. The lowest BCUT2D eigenvalue weighted by Crippen LogP contribution is -2.36. The Labute approximate surface area is 132 Å². The highest BCUT2D eigenvalue weighted by atomic mass is 16.5. The van der Waals surface area contributed by atoms with Crippen molar-refractivity contribution in [3.8, 4) is 5.75 Å². The first kappa shape index (κ1) is 15.7. The number of hydrogen-bond acceptors (Lipinski definition) is 5. The van der Waals surface area contributed by atoms with E-state index in [2.05, 4.69) is 28.9 Å². The molecule has 2 fully saturated rings. The van der Waals surface area contributed by atoms with Crippen LogP contribution in [0.25, 0.3) is 0 Å².